The highest BCUT2D eigenvalue weighted by Crippen LogP contribution is 2.33. The van der Waals surface area contributed by atoms with E-state index >= 15 is 0 Å². The van der Waals surface area contributed by atoms with Gasteiger partial charge in [0.2, 0.25) is 0 Å². The summed E-state index contributed by atoms with van der Waals surface area (Å²) in [6, 6.07) is 3.42. The second-order valence-electron chi connectivity index (χ2n) is 2.89. The Kier molecular flexibility index (Phi) is 5.21. The molecule has 0 saturated carbocycles. The van der Waals surface area contributed by atoms with Crippen LogP contribution in [0.5, 0.6) is 0 Å². The fraction of sp³-hybridized carbons (Fsp3) is 0.222. The minimum absolute atomic E-state index is 0. The van der Waals surface area contributed by atoms with Crippen LogP contribution in [0.1, 0.15) is 0 Å². The molecule has 1 aromatic heterocycles. The summed E-state index contributed by atoms with van der Waals surface area (Å²) in [5.41, 5.74) is 5.99. The van der Waals surface area contributed by atoms with Gasteiger partial charge in [0, 0.05) is 17.3 Å². The predicted molar refractivity (Wildman–Crippen MR) is 71.1 cm³/mol. The van der Waals surface area contributed by atoms with E-state index in [1.807, 2.05) is 0 Å². The first kappa shape index (κ1) is 13.9. The van der Waals surface area contributed by atoms with Gasteiger partial charge in [-0.25, -0.2) is 0 Å². The molecule has 0 aliphatic rings. The van der Waals surface area contributed by atoms with Crippen molar-refractivity contribution in [2.24, 2.45) is 5.73 Å². The average molecular weight is 300 g/mol. The molecule has 88 valence electrons. The predicted octanol–water partition coefficient (Wildman–Crippen LogP) is 3.61. The fourth-order valence-corrected chi connectivity index (χ4v) is 2.44. The third-order valence-electron chi connectivity index (χ3n) is 1.82. The maximum absolute atomic E-state index is 5.96. The number of hydrogen-bond donors (Lipinski definition) is 1. The van der Waals surface area contributed by atoms with Gasteiger partial charge in [-0.05, 0) is 12.1 Å². The molecule has 0 unspecified atom stereocenters. The molecule has 16 heavy (non-hydrogen) atoms. The molecule has 2 N–H and O–H groups in total. The number of fused-ring (bicyclic) bond motifs is 1. The molecule has 1 aromatic carbocycles. The van der Waals surface area contributed by atoms with E-state index in [2.05, 4.69) is 5.16 Å². The molecule has 0 aliphatic carbocycles. The molecule has 0 spiro atoms. The average Bonchev–Trinajstić information content (AvgIpc) is 2.58. The van der Waals surface area contributed by atoms with Crippen LogP contribution < -0.4 is 5.73 Å². The minimum atomic E-state index is 0. The number of nitrogens with two attached hydrogens (primary N) is 1. The monoisotopic (exact) mass is 298 g/mol. The zero-order valence-electron chi connectivity index (χ0n) is 8.07. The summed E-state index contributed by atoms with van der Waals surface area (Å²) >= 11 is 13.4. The summed E-state index contributed by atoms with van der Waals surface area (Å²) in [6.07, 6.45) is 0. The maximum Gasteiger partial charge on any atom is 0.186 e. The van der Waals surface area contributed by atoms with E-state index in [9.17, 15) is 0 Å². The van der Waals surface area contributed by atoms with Crippen molar-refractivity contribution in [1.29, 1.82) is 0 Å². The number of nitrogens with zero attached hydrogens (tertiary/aromatic N) is 1. The van der Waals surface area contributed by atoms with Gasteiger partial charge in [-0.3, -0.25) is 0 Å². The van der Waals surface area contributed by atoms with E-state index < -0.39 is 0 Å². The first-order chi connectivity index (χ1) is 7.22. The van der Waals surface area contributed by atoms with Crippen LogP contribution in [0.3, 0.4) is 0 Å². The number of halogens is 3. The third kappa shape index (κ3) is 2.76. The van der Waals surface area contributed by atoms with Crippen LogP contribution in [0.4, 0.5) is 0 Å². The first-order valence-electron chi connectivity index (χ1n) is 4.29. The van der Waals surface area contributed by atoms with Crippen LogP contribution in [0.25, 0.3) is 11.0 Å². The Morgan fingerprint density at radius 2 is 2.12 bits per heavy atom. The summed E-state index contributed by atoms with van der Waals surface area (Å²) < 4.78 is 5.13. The molecule has 0 radical (unpaired) electrons. The zero-order chi connectivity index (χ0) is 10.8. The van der Waals surface area contributed by atoms with E-state index in [0.717, 1.165) is 16.2 Å². The van der Waals surface area contributed by atoms with Crippen molar-refractivity contribution in [3.8, 4) is 0 Å². The zero-order valence-corrected chi connectivity index (χ0v) is 11.2. The Hall–Kier alpha value is -0.130. The molecular formula is C9H9Cl3N2OS. The summed E-state index contributed by atoms with van der Waals surface area (Å²) in [5, 5.41) is 6.59. The number of aromatic nitrogens is 1. The lowest BCUT2D eigenvalue weighted by Crippen LogP contribution is -2.00. The summed E-state index contributed by atoms with van der Waals surface area (Å²) in [5.74, 6) is 0.783. The highest BCUT2D eigenvalue weighted by atomic mass is 35.5. The highest BCUT2D eigenvalue weighted by molar-refractivity contribution is 7.99. The summed E-state index contributed by atoms with van der Waals surface area (Å²) in [6.45, 7) is 0.591. The van der Waals surface area contributed by atoms with Gasteiger partial charge in [-0.2, -0.15) is 0 Å². The number of thioether (sulfide) groups is 1. The van der Waals surface area contributed by atoms with Gasteiger partial charge in [0.05, 0.1) is 10.4 Å². The van der Waals surface area contributed by atoms with Gasteiger partial charge < -0.3 is 10.3 Å². The van der Waals surface area contributed by atoms with Crippen molar-refractivity contribution in [1.82, 2.24) is 5.16 Å². The van der Waals surface area contributed by atoms with E-state index in [-0.39, 0.29) is 12.4 Å². The molecule has 0 atom stereocenters. The van der Waals surface area contributed by atoms with Gasteiger partial charge in [-0.1, -0.05) is 28.4 Å². The molecule has 1 heterocycles. The fourth-order valence-electron chi connectivity index (χ4n) is 1.21. The van der Waals surface area contributed by atoms with E-state index in [0.29, 0.717) is 22.2 Å². The Balaban J connectivity index is 0.00000128. The lowest BCUT2D eigenvalue weighted by Gasteiger charge is -1.95. The molecule has 0 fully saturated rings. The summed E-state index contributed by atoms with van der Waals surface area (Å²) in [4.78, 5) is 0. The molecule has 0 saturated heterocycles. The quantitative estimate of drug-likeness (QED) is 0.880. The Labute approximate surface area is 113 Å². The van der Waals surface area contributed by atoms with E-state index in [4.69, 9.17) is 33.5 Å². The van der Waals surface area contributed by atoms with Gasteiger partial charge in [0.1, 0.15) is 5.03 Å². The Morgan fingerprint density at radius 1 is 1.38 bits per heavy atom. The smallest absolute Gasteiger partial charge is 0.186 e. The molecule has 0 amide bonds. The van der Waals surface area contributed by atoms with Gasteiger partial charge in [0.25, 0.3) is 0 Å². The van der Waals surface area contributed by atoms with Crippen LogP contribution in [-0.2, 0) is 0 Å². The van der Waals surface area contributed by atoms with Gasteiger partial charge in [-0.15, -0.1) is 24.2 Å². The van der Waals surface area contributed by atoms with Crippen molar-refractivity contribution < 1.29 is 4.52 Å². The van der Waals surface area contributed by atoms with E-state index in [1.165, 1.54) is 11.8 Å². The summed E-state index contributed by atoms with van der Waals surface area (Å²) in [7, 11) is 0. The molecule has 3 nitrogen and oxygen atoms in total. The topological polar surface area (TPSA) is 52.0 Å². The third-order valence-corrected chi connectivity index (χ3v) is 3.32. The highest BCUT2D eigenvalue weighted by Gasteiger charge is 2.12. The maximum atomic E-state index is 5.96. The van der Waals surface area contributed by atoms with Crippen LogP contribution in [0.15, 0.2) is 21.7 Å². The molecule has 7 heteroatoms. The second-order valence-corrected chi connectivity index (χ2v) is 4.82. The number of benzene rings is 1. The second kappa shape index (κ2) is 5.98. The molecule has 0 aliphatic heterocycles. The van der Waals surface area contributed by atoms with Crippen molar-refractivity contribution in [3.63, 3.8) is 0 Å². The van der Waals surface area contributed by atoms with Crippen LogP contribution in [0, 0.1) is 0 Å². The van der Waals surface area contributed by atoms with Crippen LogP contribution in [-0.4, -0.2) is 17.5 Å². The molecule has 2 aromatic rings. The van der Waals surface area contributed by atoms with Gasteiger partial charge >= 0.3 is 0 Å². The molecule has 0 bridgehead atoms. The lowest BCUT2D eigenvalue weighted by atomic mass is 10.3. The Morgan fingerprint density at radius 3 is 2.81 bits per heavy atom. The van der Waals surface area contributed by atoms with Crippen LogP contribution >= 0.6 is 47.4 Å². The van der Waals surface area contributed by atoms with Crippen molar-refractivity contribution in [2.75, 3.05) is 12.3 Å². The van der Waals surface area contributed by atoms with Crippen LogP contribution in [0.2, 0.25) is 10.0 Å². The normalized spacial score (nSPS) is 10.4. The van der Waals surface area contributed by atoms with Crippen molar-refractivity contribution in [3.05, 3.63) is 22.2 Å². The SMILES string of the molecule is Cl.NCCSc1noc2c(Cl)cc(Cl)cc12. The van der Waals surface area contributed by atoms with Crippen molar-refractivity contribution in [2.45, 2.75) is 5.03 Å². The molecule has 2 rings (SSSR count). The Bertz CT molecular complexity index is 489. The van der Waals surface area contributed by atoms with Gasteiger partial charge in [0.15, 0.2) is 5.58 Å². The number of rotatable bonds is 3. The van der Waals surface area contributed by atoms with Crippen molar-refractivity contribution >= 4 is 58.3 Å². The standard InChI is InChI=1S/C9H8Cl2N2OS.ClH/c10-5-3-6-8(7(11)4-5)14-13-9(6)15-2-1-12;/h3-4H,1-2,12H2;1H. The lowest BCUT2D eigenvalue weighted by molar-refractivity contribution is 0.437. The first-order valence-corrected chi connectivity index (χ1v) is 6.04. The van der Waals surface area contributed by atoms with E-state index in [1.54, 1.807) is 12.1 Å². The minimum Gasteiger partial charge on any atom is -0.354 e. The number of hydrogen-bond acceptors (Lipinski definition) is 4. The largest absolute Gasteiger partial charge is 0.354 e. The molecular weight excluding hydrogens is 291 g/mol.